The molecule has 7 aromatic rings. The molecule has 0 spiro atoms. The number of aromatic hydroxyl groups is 4. The molecular formula is C57H56O12Si. The first-order valence-corrected chi connectivity index (χ1v) is 24.5. The van der Waals surface area contributed by atoms with Gasteiger partial charge in [-0.1, -0.05) is 117 Å². The van der Waals surface area contributed by atoms with Gasteiger partial charge in [-0.15, -0.1) is 0 Å². The number of ether oxygens (including phenoxy) is 6. The standard InChI is InChI=1S/C57H56O12Si/c1-56(2,3)70(4,5)69-55-52-50-47(65-33-36-19-13-8-14-20-36)27-39(58)28-48(50)67-57(55,38-22-24-45(63-31-34-15-9-6-10-16-34)46(26-38)64-32-35-17-11-7-12-18-35)68-49-30-42(60)40-29-44(62)53(66-54(40)51(49)52)37-21-23-41(59)43(61)25-37/h6-28,30,44,52-53,55,58-62H,29,31-33H2,1-5H3/t44-,52+,53+,55+,57-/m0/s1/i6D,7D,8D,9D,10D,11D,12D,13D,14D,15D,16D,17D,18D,19D,20D,31D2,32D2,33D2. The van der Waals surface area contributed by atoms with E-state index in [1.165, 1.54) is 6.07 Å². The van der Waals surface area contributed by atoms with Gasteiger partial charge < -0.3 is 58.4 Å². The van der Waals surface area contributed by atoms with E-state index in [0.717, 1.165) is 48.5 Å². The van der Waals surface area contributed by atoms with Gasteiger partial charge in [0.05, 0.1) is 40.8 Å². The summed E-state index contributed by atoms with van der Waals surface area (Å²) in [6.45, 7) is -1.25. The summed E-state index contributed by atoms with van der Waals surface area (Å²) in [6, 6.07) is -4.99. The van der Waals surface area contributed by atoms with Gasteiger partial charge in [0.15, 0.2) is 31.3 Å². The molecule has 7 aromatic carbocycles. The molecule has 5 N–H and O–H groups in total. The first-order chi connectivity index (χ1) is 42.0. The van der Waals surface area contributed by atoms with Crippen LogP contribution >= 0.6 is 0 Å². The summed E-state index contributed by atoms with van der Waals surface area (Å²) < 4.78 is 229. The van der Waals surface area contributed by atoms with Crippen molar-refractivity contribution in [3.8, 4) is 57.5 Å². The molecule has 70 heavy (non-hydrogen) atoms. The largest absolute Gasteiger partial charge is 0.508 e. The number of fused-ring (bicyclic) bond motifs is 8. The number of aliphatic hydroxyl groups is 1. The average molecular weight is 982 g/mol. The Morgan fingerprint density at radius 3 is 1.81 bits per heavy atom. The van der Waals surface area contributed by atoms with Gasteiger partial charge in [0.1, 0.15) is 66.4 Å². The van der Waals surface area contributed by atoms with Crippen LogP contribution in [-0.4, -0.2) is 46.1 Å². The lowest BCUT2D eigenvalue weighted by molar-refractivity contribution is -0.214. The molecule has 0 aliphatic carbocycles. The van der Waals surface area contributed by atoms with Gasteiger partial charge in [-0.2, -0.15) is 0 Å². The third-order valence-corrected chi connectivity index (χ3v) is 16.9. The van der Waals surface area contributed by atoms with Crippen molar-refractivity contribution in [3.05, 3.63) is 190 Å². The van der Waals surface area contributed by atoms with Gasteiger partial charge in [-0.25, -0.2) is 0 Å². The minimum Gasteiger partial charge on any atom is -0.508 e. The van der Waals surface area contributed by atoms with E-state index in [1.807, 2.05) is 20.8 Å². The van der Waals surface area contributed by atoms with Crippen molar-refractivity contribution < 1.29 is 87.2 Å². The molecule has 0 saturated carbocycles. The molecule has 0 saturated heterocycles. The molecule has 0 amide bonds. The summed E-state index contributed by atoms with van der Waals surface area (Å²) in [5.74, 6) is -10.2. The van der Waals surface area contributed by atoms with E-state index in [-0.39, 0.29) is 45.7 Å². The van der Waals surface area contributed by atoms with E-state index >= 15 is 0 Å². The Bertz CT molecular complexity index is 4140. The Hall–Kier alpha value is -7.32. The van der Waals surface area contributed by atoms with E-state index in [9.17, 15) is 31.0 Å². The maximum absolute atomic E-state index is 12.1. The van der Waals surface area contributed by atoms with Crippen molar-refractivity contribution in [2.45, 2.75) is 95.0 Å². The molecule has 0 fully saturated rings. The molecule has 5 atom stereocenters. The van der Waals surface area contributed by atoms with Crippen molar-refractivity contribution >= 4 is 8.32 Å². The minimum absolute atomic E-state index is 0.0584. The minimum atomic E-state index is -3.54. The molecule has 2 bridgehead atoms. The molecule has 3 aliphatic heterocycles. The van der Waals surface area contributed by atoms with Crippen molar-refractivity contribution in [1.82, 2.24) is 0 Å². The first kappa shape index (κ1) is 27.8. The summed E-state index contributed by atoms with van der Waals surface area (Å²) in [7, 11) is -3.46. The van der Waals surface area contributed by atoms with Gasteiger partial charge in [-0.05, 0) is 70.7 Å². The van der Waals surface area contributed by atoms with Crippen molar-refractivity contribution in [1.29, 1.82) is 0 Å². The van der Waals surface area contributed by atoms with Crippen molar-refractivity contribution in [3.63, 3.8) is 0 Å². The summed E-state index contributed by atoms with van der Waals surface area (Å²) in [6.07, 6.45) is -5.07. The Labute approximate surface area is 437 Å². The molecule has 3 aliphatic rings. The normalized spacial score (nSPS) is 25.0. The molecule has 10 rings (SSSR count). The molecule has 0 aromatic heterocycles. The number of phenols is 4. The van der Waals surface area contributed by atoms with Crippen LogP contribution in [0.4, 0.5) is 0 Å². The second-order valence-corrected chi connectivity index (χ2v) is 22.7. The van der Waals surface area contributed by atoms with Crippen LogP contribution in [0.3, 0.4) is 0 Å². The van der Waals surface area contributed by atoms with E-state index in [1.54, 1.807) is 13.1 Å². The van der Waals surface area contributed by atoms with E-state index in [4.69, 9.17) is 56.2 Å². The Balaban J connectivity index is 1.30. The fourth-order valence-corrected chi connectivity index (χ4v) is 9.42. The predicted octanol–water partition coefficient (Wildman–Crippen LogP) is 11.4. The van der Waals surface area contributed by atoms with Gasteiger partial charge >= 0.3 is 5.79 Å². The number of hydrogen-bond acceptors (Lipinski definition) is 12. The topological polar surface area (TPSA) is 166 Å². The van der Waals surface area contributed by atoms with Gasteiger partial charge in [0.25, 0.3) is 0 Å². The van der Waals surface area contributed by atoms with Crippen LogP contribution in [0.2, 0.25) is 18.1 Å². The van der Waals surface area contributed by atoms with Gasteiger partial charge in [0, 0.05) is 46.9 Å². The van der Waals surface area contributed by atoms with Crippen LogP contribution in [0.15, 0.2) is 145 Å². The summed E-state index contributed by atoms with van der Waals surface area (Å²) in [5, 5.41) is 55.8. The number of hydrogen-bond donors (Lipinski definition) is 5. The molecule has 0 unspecified atom stereocenters. The van der Waals surface area contributed by atoms with E-state index in [2.05, 4.69) is 0 Å². The van der Waals surface area contributed by atoms with E-state index in [0.29, 0.717) is 0 Å². The molecule has 0 radical (unpaired) electrons. The zero-order valence-electron chi connectivity index (χ0n) is 58.8. The lowest BCUT2D eigenvalue weighted by atomic mass is 9.74. The number of phenolic OH excluding ortho intramolecular Hbond substituents is 4. The summed E-state index contributed by atoms with van der Waals surface area (Å²) in [5.41, 5.74) is -3.70. The molecule has 12 nitrogen and oxygen atoms in total. The monoisotopic (exact) mass is 981 g/mol. The van der Waals surface area contributed by atoms with Crippen molar-refractivity contribution in [2.24, 2.45) is 0 Å². The summed E-state index contributed by atoms with van der Waals surface area (Å²) in [4.78, 5) is 0. The maximum Gasteiger partial charge on any atom is 0.304 e. The predicted molar refractivity (Wildman–Crippen MR) is 265 cm³/mol. The molecule has 13 heteroatoms. The summed E-state index contributed by atoms with van der Waals surface area (Å²) >= 11 is 0. The number of aliphatic hydroxyl groups excluding tert-OH is 1. The van der Waals surface area contributed by atoms with Crippen LogP contribution in [0.5, 0.6) is 57.5 Å². The smallest absolute Gasteiger partial charge is 0.304 e. The lowest BCUT2D eigenvalue weighted by Crippen LogP contribution is -2.62. The maximum atomic E-state index is 12.1. The van der Waals surface area contributed by atoms with Crippen LogP contribution in [-0.2, 0) is 36.3 Å². The second kappa shape index (κ2) is 18.2. The highest BCUT2D eigenvalue weighted by Gasteiger charge is 2.63. The van der Waals surface area contributed by atoms with Crippen LogP contribution in [0.1, 0.15) is 106 Å². The van der Waals surface area contributed by atoms with Crippen LogP contribution < -0.4 is 28.4 Å². The number of benzene rings is 7. The Kier molecular flexibility index (Phi) is 7.22. The number of rotatable bonds is 13. The average Bonchev–Trinajstić information content (AvgIpc) is 0.687. The molecule has 3 heterocycles. The van der Waals surface area contributed by atoms with E-state index < -0.39 is 216 Å². The van der Waals surface area contributed by atoms with Crippen molar-refractivity contribution in [2.75, 3.05) is 0 Å². The third-order valence-electron chi connectivity index (χ3n) is 12.5. The first-order valence-electron chi connectivity index (χ1n) is 32.1. The molecule has 360 valence electrons. The third kappa shape index (κ3) is 8.69. The van der Waals surface area contributed by atoms with Crippen LogP contribution in [0.25, 0.3) is 0 Å². The lowest BCUT2D eigenvalue weighted by Gasteiger charge is -2.55. The highest BCUT2D eigenvalue weighted by atomic mass is 28.4. The Morgan fingerprint density at radius 2 is 1.23 bits per heavy atom. The highest BCUT2D eigenvalue weighted by Crippen LogP contribution is 2.64. The van der Waals surface area contributed by atoms with Gasteiger partial charge in [-0.3, -0.25) is 0 Å². The Morgan fingerprint density at radius 1 is 0.657 bits per heavy atom. The molecular weight excluding hydrogens is 905 g/mol. The van der Waals surface area contributed by atoms with Gasteiger partial charge in [0.2, 0.25) is 0 Å². The fourth-order valence-electron chi connectivity index (χ4n) is 8.14. The fraction of sp³-hybridized carbons (Fsp3) is 0.263. The SMILES string of the molecule is [2H]c1c([2H])c([2H])c(C([2H])([2H])Oc2ccc([C@]34Oc5cc(O)cc(OC([2H])([2H])c6c([2H])c([2H])c([2H])c([2H])c6[2H])c5[C@H](c5c(cc(O)c6c5O[C@H](c5ccc(O)c(O)c5)[C@@H](O)C6)O3)[C@H]4O[Si](C)(C)C(C)(C)C)cc2OC([2H])([2H])c2c([2H])c([2H])c([2H])c([2H])c2[2H])c([2H])c1[2H]. The quantitative estimate of drug-likeness (QED) is 0.0549. The van der Waals surface area contributed by atoms with Crippen LogP contribution in [0, 0.1) is 0 Å². The zero-order chi connectivity index (χ0) is 67.4. The highest BCUT2D eigenvalue weighted by molar-refractivity contribution is 6.74. The zero-order valence-corrected chi connectivity index (χ0v) is 38.8. The second-order valence-electron chi connectivity index (χ2n) is 18.0.